The maximum atomic E-state index is 6.35. The summed E-state index contributed by atoms with van der Waals surface area (Å²) in [5, 5.41) is 3.79. The molecule has 0 saturated heterocycles. The molecule has 0 aromatic heterocycles. The third-order valence-corrected chi connectivity index (χ3v) is 3.64. The summed E-state index contributed by atoms with van der Waals surface area (Å²) in [7, 11) is 0. The summed E-state index contributed by atoms with van der Waals surface area (Å²) in [5.74, 6) is 0.645. The van der Waals surface area contributed by atoms with E-state index in [9.17, 15) is 0 Å². The first-order valence-corrected chi connectivity index (χ1v) is 7.39. The number of halogens is 1. The second-order valence-corrected chi connectivity index (χ2v) is 5.18. The first-order chi connectivity index (χ1) is 10.8. The lowest BCUT2D eigenvalue weighted by atomic mass is 10.3. The predicted molar refractivity (Wildman–Crippen MR) is 90.1 cm³/mol. The van der Waals surface area contributed by atoms with Crippen LogP contribution in [0.5, 0.6) is 0 Å². The van der Waals surface area contributed by atoms with Gasteiger partial charge in [0.2, 0.25) is 5.69 Å². The van der Waals surface area contributed by atoms with Crippen molar-refractivity contribution in [3.05, 3.63) is 83.2 Å². The van der Waals surface area contributed by atoms with Crippen molar-refractivity contribution in [1.82, 2.24) is 0 Å². The Kier molecular flexibility index (Phi) is 4.56. The van der Waals surface area contributed by atoms with E-state index in [0.717, 1.165) is 16.9 Å². The topological polar surface area (TPSA) is 35.2 Å². The molecule has 0 bridgehead atoms. The Morgan fingerprint density at radius 2 is 1.68 bits per heavy atom. The molecule has 110 valence electrons. The van der Waals surface area contributed by atoms with Gasteiger partial charge >= 0.3 is 0 Å². The Morgan fingerprint density at radius 3 is 2.41 bits per heavy atom. The first kappa shape index (κ1) is 14.4. The van der Waals surface area contributed by atoms with E-state index in [0.29, 0.717) is 17.4 Å². The average Bonchev–Trinajstić information content (AvgIpc) is 2.93. The minimum atomic E-state index is 0.459. The number of rotatable bonds is 4. The van der Waals surface area contributed by atoms with Crippen molar-refractivity contribution in [3.63, 3.8) is 0 Å². The lowest BCUT2D eigenvalue weighted by Gasteiger charge is -2.02. The Bertz CT molecular complexity index is 721. The van der Waals surface area contributed by atoms with Gasteiger partial charge in [-0.15, -0.1) is 0 Å². The zero-order chi connectivity index (χ0) is 15.2. The fourth-order valence-corrected chi connectivity index (χ4v) is 2.26. The van der Waals surface area contributed by atoms with E-state index in [1.807, 2.05) is 66.9 Å². The van der Waals surface area contributed by atoms with Gasteiger partial charge in [-0.25, -0.2) is 4.99 Å². The largest absolute Gasteiger partial charge is 0.485 e. The van der Waals surface area contributed by atoms with Gasteiger partial charge in [0.1, 0.15) is 6.61 Å². The van der Waals surface area contributed by atoms with Crippen LogP contribution in [0.2, 0.25) is 0 Å². The average molecular weight is 312 g/mol. The normalized spacial score (nSPS) is 16.3. The number of para-hydroxylation sites is 2. The van der Waals surface area contributed by atoms with Crippen molar-refractivity contribution in [2.45, 2.75) is 0 Å². The third kappa shape index (κ3) is 3.57. The quantitative estimate of drug-likeness (QED) is 0.852. The lowest BCUT2D eigenvalue weighted by molar-refractivity contribution is -0.347. The van der Waals surface area contributed by atoms with E-state index < -0.39 is 0 Å². The summed E-state index contributed by atoms with van der Waals surface area (Å²) in [4.78, 5) is 3.22. The van der Waals surface area contributed by atoms with Gasteiger partial charge in [-0.1, -0.05) is 48.0 Å². The van der Waals surface area contributed by atoms with Crippen LogP contribution in [-0.4, -0.2) is 12.8 Å². The number of hydrogen-bond acceptors (Lipinski definition) is 2. The highest BCUT2D eigenvalue weighted by Crippen LogP contribution is 2.26. The summed E-state index contributed by atoms with van der Waals surface area (Å²) < 4.78 is 5.61. The van der Waals surface area contributed by atoms with Crippen LogP contribution in [0.4, 0.5) is 11.4 Å². The van der Waals surface area contributed by atoms with Crippen molar-refractivity contribution in [1.29, 1.82) is 0 Å². The fraction of sp³-hybridized carbons (Fsp3) is 0.0556. The zero-order valence-corrected chi connectivity index (χ0v) is 12.7. The van der Waals surface area contributed by atoms with E-state index >= 15 is 0 Å². The molecular weight excluding hydrogens is 296 g/mol. The number of ether oxygens (including phenoxy) is 1. The molecule has 1 aliphatic heterocycles. The van der Waals surface area contributed by atoms with Gasteiger partial charge in [0.05, 0.1) is 10.6 Å². The molecule has 0 fully saturated rings. The number of allylic oxidation sites excluding steroid dienone is 1. The van der Waals surface area contributed by atoms with Crippen molar-refractivity contribution < 1.29 is 9.73 Å². The highest BCUT2D eigenvalue weighted by Gasteiger charge is 2.20. The lowest BCUT2D eigenvalue weighted by Crippen LogP contribution is -2.61. The summed E-state index contributed by atoms with van der Waals surface area (Å²) >= 11 is 6.35. The smallest absolute Gasteiger partial charge is 0.203 e. The summed E-state index contributed by atoms with van der Waals surface area (Å²) in [5.41, 5.74) is 2.92. The van der Waals surface area contributed by atoms with Crippen LogP contribution < -0.4 is 10.3 Å². The molecule has 0 atom stereocenters. The molecule has 4 heteroatoms. The van der Waals surface area contributed by atoms with Crippen molar-refractivity contribution in [3.8, 4) is 0 Å². The van der Waals surface area contributed by atoms with E-state index in [1.165, 1.54) is 0 Å². The minimum Gasteiger partial charge on any atom is -0.485 e. The Hall–Kier alpha value is -2.52. The molecule has 2 aromatic rings. The molecule has 1 heterocycles. The van der Waals surface area contributed by atoms with E-state index in [2.05, 4.69) is 10.3 Å². The van der Waals surface area contributed by atoms with Crippen molar-refractivity contribution in [2.75, 3.05) is 11.9 Å². The van der Waals surface area contributed by atoms with Crippen LogP contribution in [0, 0.1) is 0 Å². The van der Waals surface area contributed by atoms with Crippen LogP contribution in [0.15, 0.2) is 83.2 Å². The standard InChI is InChI=1S/C18H15ClN2O/c19-18-14(11-20-15-7-3-1-4-8-15)13-22-17(18)12-21-16-9-5-2-6-10-16/h1-12,21H,13H2/p+1/b17-12-,20-11?. The molecule has 0 saturated carbocycles. The van der Waals surface area contributed by atoms with E-state index in [1.54, 1.807) is 6.20 Å². The predicted octanol–water partition coefficient (Wildman–Crippen LogP) is 2.95. The maximum Gasteiger partial charge on any atom is 0.203 e. The zero-order valence-electron chi connectivity index (χ0n) is 11.9. The van der Waals surface area contributed by atoms with Crippen LogP contribution in [0.1, 0.15) is 0 Å². The fourth-order valence-electron chi connectivity index (χ4n) is 2.04. The molecule has 1 aliphatic rings. The summed E-state index contributed by atoms with van der Waals surface area (Å²) in [6.45, 7) is 0.459. The molecule has 2 N–H and O–H groups in total. The molecule has 0 aliphatic carbocycles. The maximum absolute atomic E-state index is 6.35. The number of benzene rings is 2. The SMILES string of the molecule is ClC1=C(C=[NH+]c2ccccc2)CO/C1=C\Nc1ccccc1. The highest BCUT2D eigenvalue weighted by atomic mass is 35.5. The van der Waals surface area contributed by atoms with Crippen LogP contribution in [0.25, 0.3) is 0 Å². The Balaban J connectivity index is 1.71. The van der Waals surface area contributed by atoms with Crippen molar-refractivity contribution >= 4 is 29.2 Å². The van der Waals surface area contributed by atoms with Crippen LogP contribution in [-0.2, 0) is 4.74 Å². The molecule has 3 nitrogen and oxygen atoms in total. The molecule has 0 unspecified atom stereocenters. The number of nitrogens with one attached hydrogen (secondary N) is 2. The van der Waals surface area contributed by atoms with Gasteiger partial charge in [0, 0.05) is 24.0 Å². The third-order valence-electron chi connectivity index (χ3n) is 3.21. The second kappa shape index (κ2) is 6.96. The molecule has 2 aromatic carbocycles. The van der Waals surface area contributed by atoms with Gasteiger partial charge in [-0.2, -0.15) is 0 Å². The van der Waals surface area contributed by atoms with Crippen LogP contribution in [0.3, 0.4) is 0 Å². The van der Waals surface area contributed by atoms with Gasteiger partial charge in [0.15, 0.2) is 12.0 Å². The molecule has 0 amide bonds. The Morgan fingerprint density at radius 1 is 1.00 bits per heavy atom. The van der Waals surface area contributed by atoms with Crippen LogP contribution >= 0.6 is 11.6 Å². The van der Waals surface area contributed by atoms with E-state index in [-0.39, 0.29) is 0 Å². The number of anilines is 1. The molecule has 0 spiro atoms. The van der Waals surface area contributed by atoms with Gasteiger partial charge in [-0.05, 0) is 12.1 Å². The highest BCUT2D eigenvalue weighted by molar-refractivity contribution is 6.33. The minimum absolute atomic E-state index is 0.459. The summed E-state index contributed by atoms with van der Waals surface area (Å²) in [6, 6.07) is 19.8. The van der Waals surface area contributed by atoms with Gasteiger partial charge in [0.25, 0.3) is 0 Å². The molecule has 0 radical (unpaired) electrons. The van der Waals surface area contributed by atoms with Gasteiger partial charge < -0.3 is 10.1 Å². The monoisotopic (exact) mass is 311 g/mol. The molecule has 3 rings (SSSR count). The van der Waals surface area contributed by atoms with Gasteiger partial charge in [-0.3, -0.25) is 0 Å². The first-order valence-electron chi connectivity index (χ1n) is 7.01. The molecular formula is C18H16ClN2O+. The Labute approximate surface area is 134 Å². The second-order valence-electron chi connectivity index (χ2n) is 4.80. The van der Waals surface area contributed by atoms with E-state index in [4.69, 9.17) is 16.3 Å². The van der Waals surface area contributed by atoms with Crippen molar-refractivity contribution in [2.24, 2.45) is 0 Å². The molecule has 22 heavy (non-hydrogen) atoms. The summed E-state index contributed by atoms with van der Waals surface area (Å²) in [6.07, 6.45) is 3.65. The number of hydrogen-bond donors (Lipinski definition) is 2.